The molecule has 5 heteroatoms. The standard InChI is InChI=1S/C16H18N2O3/c1-2-7-18(13-5-3-12(17)4-6-13)16(21)11-8-14(19)10-15(20)9-11/h3-6,8-10,19-20H,2,7,17H2,1H3. The number of nitrogen functional groups attached to an aromatic ring is 1. The molecule has 0 aliphatic heterocycles. The number of aromatic hydroxyl groups is 2. The van der Waals surface area contributed by atoms with Gasteiger partial charge in [0.1, 0.15) is 11.5 Å². The normalized spacial score (nSPS) is 10.3. The molecule has 110 valence electrons. The van der Waals surface area contributed by atoms with Crippen LogP contribution in [0.15, 0.2) is 42.5 Å². The Bertz CT molecular complexity index is 618. The summed E-state index contributed by atoms with van der Waals surface area (Å²) in [5, 5.41) is 19.0. The lowest BCUT2D eigenvalue weighted by Crippen LogP contribution is -2.31. The Hall–Kier alpha value is -2.69. The number of hydrogen-bond acceptors (Lipinski definition) is 4. The highest BCUT2D eigenvalue weighted by Crippen LogP contribution is 2.24. The van der Waals surface area contributed by atoms with E-state index in [1.807, 2.05) is 6.92 Å². The second-order valence-electron chi connectivity index (χ2n) is 4.79. The van der Waals surface area contributed by atoms with Crippen molar-refractivity contribution < 1.29 is 15.0 Å². The molecular weight excluding hydrogens is 268 g/mol. The summed E-state index contributed by atoms with van der Waals surface area (Å²) in [4.78, 5) is 14.2. The van der Waals surface area contributed by atoms with E-state index in [9.17, 15) is 15.0 Å². The average molecular weight is 286 g/mol. The van der Waals surface area contributed by atoms with Gasteiger partial charge in [0.25, 0.3) is 5.91 Å². The highest BCUT2D eigenvalue weighted by molar-refractivity contribution is 6.06. The van der Waals surface area contributed by atoms with Crippen LogP contribution in [-0.2, 0) is 0 Å². The van der Waals surface area contributed by atoms with E-state index in [-0.39, 0.29) is 23.0 Å². The van der Waals surface area contributed by atoms with E-state index >= 15 is 0 Å². The van der Waals surface area contributed by atoms with Gasteiger partial charge in [0, 0.05) is 29.5 Å². The van der Waals surface area contributed by atoms with Gasteiger partial charge in [0.05, 0.1) is 0 Å². The van der Waals surface area contributed by atoms with Gasteiger partial charge in [-0.05, 0) is 42.8 Å². The fourth-order valence-electron chi connectivity index (χ4n) is 2.10. The Kier molecular flexibility index (Phi) is 4.33. The molecule has 0 heterocycles. The molecule has 21 heavy (non-hydrogen) atoms. The third-order valence-electron chi connectivity index (χ3n) is 3.05. The summed E-state index contributed by atoms with van der Waals surface area (Å²) in [5.74, 6) is -0.577. The number of amides is 1. The van der Waals surface area contributed by atoms with Gasteiger partial charge in [-0.2, -0.15) is 0 Å². The number of hydrogen-bond donors (Lipinski definition) is 3. The van der Waals surface area contributed by atoms with Gasteiger partial charge in [-0.3, -0.25) is 4.79 Å². The first-order chi connectivity index (χ1) is 10.0. The highest BCUT2D eigenvalue weighted by Gasteiger charge is 2.18. The summed E-state index contributed by atoms with van der Waals surface area (Å²) in [6, 6.07) is 10.8. The van der Waals surface area contributed by atoms with Crippen LogP contribution < -0.4 is 10.6 Å². The second kappa shape index (κ2) is 6.17. The molecule has 2 rings (SSSR count). The van der Waals surface area contributed by atoms with Crippen molar-refractivity contribution in [2.24, 2.45) is 0 Å². The predicted octanol–water partition coefficient (Wildman–Crippen LogP) is 2.74. The first kappa shape index (κ1) is 14.7. The zero-order valence-electron chi connectivity index (χ0n) is 11.8. The Morgan fingerprint density at radius 2 is 1.67 bits per heavy atom. The van der Waals surface area contributed by atoms with Crippen molar-refractivity contribution in [3.63, 3.8) is 0 Å². The maximum absolute atomic E-state index is 12.6. The summed E-state index contributed by atoms with van der Waals surface area (Å²) in [6.45, 7) is 2.50. The van der Waals surface area contributed by atoms with Crippen LogP contribution in [0.4, 0.5) is 11.4 Å². The number of nitrogens with zero attached hydrogens (tertiary/aromatic N) is 1. The summed E-state index contributed by atoms with van der Waals surface area (Å²) in [5.41, 5.74) is 7.24. The van der Waals surface area contributed by atoms with Crippen molar-refractivity contribution in [2.45, 2.75) is 13.3 Å². The largest absolute Gasteiger partial charge is 0.508 e. The molecule has 0 spiro atoms. The quantitative estimate of drug-likeness (QED) is 0.754. The van der Waals surface area contributed by atoms with E-state index in [4.69, 9.17) is 5.73 Å². The summed E-state index contributed by atoms with van der Waals surface area (Å²) < 4.78 is 0. The van der Waals surface area contributed by atoms with Crippen LogP contribution in [0.2, 0.25) is 0 Å². The van der Waals surface area contributed by atoms with Crippen LogP contribution in [0.1, 0.15) is 23.7 Å². The van der Waals surface area contributed by atoms with Crippen molar-refractivity contribution in [3.8, 4) is 11.5 Å². The number of anilines is 2. The van der Waals surface area contributed by atoms with E-state index in [0.717, 1.165) is 12.1 Å². The van der Waals surface area contributed by atoms with Gasteiger partial charge in [-0.25, -0.2) is 0 Å². The predicted molar refractivity (Wildman–Crippen MR) is 82.6 cm³/mol. The molecule has 0 bridgehead atoms. The molecule has 0 aliphatic carbocycles. The van der Waals surface area contributed by atoms with Crippen molar-refractivity contribution in [1.82, 2.24) is 0 Å². The lowest BCUT2D eigenvalue weighted by atomic mass is 10.1. The number of nitrogens with two attached hydrogens (primary N) is 1. The number of benzene rings is 2. The number of carbonyl (C=O) groups is 1. The lowest BCUT2D eigenvalue weighted by molar-refractivity contribution is 0.0986. The molecule has 2 aromatic rings. The number of phenols is 2. The van der Waals surface area contributed by atoms with Crippen LogP contribution in [-0.4, -0.2) is 22.7 Å². The van der Waals surface area contributed by atoms with Crippen LogP contribution >= 0.6 is 0 Å². The molecule has 5 nitrogen and oxygen atoms in total. The highest BCUT2D eigenvalue weighted by atomic mass is 16.3. The Morgan fingerprint density at radius 3 is 2.19 bits per heavy atom. The van der Waals surface area contributed by atoms with E-state index in [1.165, 1.54) is 18.2 Å². The maximum Gasteiger partial charge on any atom is 0.258 e. The summed E-state index contributed by atoms with van der Waals surface area (Å²) >= 11 is 0. The van der Waals surface area contributed by atoms with Crippen LogP contribution in [0.25, 0.3) is 0 Å². The minimum absolute atomic E-state index is 0.146. The van der Waals surface area contributed by atoms with Gasteiger partial charge < -0.3 is 20.8 Å². The molecule has 0 unspecified atom stereocenters. The molecule has 0 saturated heterocycles. The van der Waals surface area contributed by atoms with Gasteiger partial charge in [0.2, 0.25) is 0 Å². The minimum Gasteiger partial charge on any atom is -0.508 e. The molecule has 0 atom stereocenters. The lowest BCUT2D eigenvalue weighted by Gasteiger charge is -2.22. The topological polar surface area (TPSA) is 86.8 Å². The van der Waals surface area contributed by atoms with Crippen molar-refractivity contribution in [1.29, 1.82) is 0 Å². The van der Waals surface area contributed by atoms with E-state index in [1.54, 1.807) is 29.2 Å². The van der Waals surface area contributed by atoms with Crippen molar-refractivity contribution in [3.05, 3.63) is 48.0 Å². The molecule has 1 amide bonds. The monoisotopic (exact) mass is 286 g/mol. The smallest absolute Gasteiger partial charge is 0.258 e. The first-order valence-electron chi connectivity index (χ1n) is 6.71. The van der Waals surface area contributed by atoms with E-state index in [0.29, 0.717) is 12.2 Å². The molecule has 0 aromatic heterocycles. The van der Waals surface area contributed by atoms with Crippen LogP contribution in [0.5, 0.6) is 11.5 Å². The van der Waals surface area contributed by atoms with Gasteiger partial charge >= 0.3 is 0 Å². The minimum atomic E-state index is -0.284. The van der Waals surface area contributed by atoms with Crippen LogP contribution in [0, 0.1) is 0 Å². The second-order valence-corrected chi connectivity index (χ2v) is 4.79. The molecule has 0 radical (unpaired) electrons. The zero-order valence-corrected chi connectivity index (χ0v) is 11.8. The Labute approximate surface area is 123 Å². The fourth-order valence-corrected chi connectivity index (χ4v) is 2.10. The van der Waals surface area contributed by atoms with Crippen molar-refractivity contribution >= 4 is 17.3 Å². The van der Waals surface area contributed by atoms with Gasteiger partial charge in [-0.15, -0.1) is 0 Å². The van der Waals surface area contributed by atoms with E-state index in [2.05, 4.69) is 0 Å². The third kappa shape index (κ3) is 3.45. The molecule has 4 N–H and O–H groups in total. The Balaban J connectivity index is 2.37. The number of phenolic OH excluding ortho intramolecular Hbond substituents is 2. The molecule has 2 aromatic carbocycles. The van der Waals surface area contributed by atoms with E-state index < -0.39 is 0 Å². The first-order valence-corrected chi connectivity index (χ1v) is 6.71. The summed E-state index contributed by atoms with van der Waals surface area (Å²) in [7, 11) is 0. The molecule has 0 saturated carbocycles. The Morgan fingerprint density at radius 1 is 1.10 bits per heavy atom. The van der Waals surface area contributed by atoms with Gasteiger partial charge in [0.15, 0.2) is 0 Å². The number of carbonyl (C=O) groups excluding carboxylic acids is 1. The average Bonchev–Trinajstić information content (AvgIpc) is 2.44. The number of rotatable bonds is 4. The summed E-state index contributed by atoms with van der Waals surface area (Å²) in [6.07, 6.45) is 0.779. The van der Waals surface area contributed by atoms with Gasteiger partial charge in [-0.1, -0.05) is 6.92 Å². The maximum atomic E-state index is 12.6. The molecule has 0 fully saturated rings. The van der Waals surface area contributed by atoms with Crippen LogP contribution in [0.3, 0.4) is 0 Å². The molecular formula is C16H18N2O3. The SMILES string of the molecule is CCCN(C(=O)c1cc(O)cc(O)c1)c1ccc(N)cc1. The van der Waals surface area contributed by atoms with Crippen molar-refractivity contribution in [2.75, 3.05) is 17.2 Å². The third-order valence-corrected chi connectivity index (χ3v) is 3.05. The molecule has 0 aliphatic rings. The fraction of sp³-hybridized carbons (Fsp3) is 0.188. The zero-order chi connectivity index (χ0) is 15.4.